The van der Waals surface area contributed by atoms with E-state index in [2.05, 4.69) is 9.88 Å². The number of carbonyl (C=O) groups is 1. The number of likely N-dealkylation sites (N-methyl/N-ethyl adjacent to an activating group) is 1. The first-order valence-electron chi connectivity index (χ1n) is 16.1. The summed E-state index contributed by atoms with van der Waals surface area (Å²) in [5.74, 6) is -0.517. The van der Waals surface area contributed by atoms with Crippen LogP contribution < -0.4 is 9.46 Å². The lowest BCUT2D eigenvalue weighted by Crippen LogP contribution is -2.48. The van der Waals surface area contributed by atoms with Gasteiger partial charge < -0.3 is 24.0 Å². The second-order valence-corrected chi connectivity index (χ2v) is 16.6. The Morgan fingerprint density at radius 3 is 2.43 bits per heavy atom. The smallest absolute Gasteiger partial charge is 0.267 e. The molecule has 1 aliphatic heterocycles. The van der Waals surface area contributed by atoms with E-state index < -0.39 is 44.0 Å². The molecule has 2 N–H and O–H groups in total. The number of aliphatic hydroxyl groups is 1. The Morgan fingerprint density at radius 2 is 1.80 bits per heavy atom. The van der Waals surface area contributed by atoms with Crippen LogP contribution >= 0.6 is 11.6 Å². The maximum absolute atomic E-state index is 14.4. The van der Waals surface area contributed by atoms with E-state index >= 15 is 0 Å². The Kier molecular flexibility index (Phi) is 12.8. The third kappa shape index (κ3) is 9.32. The molecule has 2 aromatic carbocycles. The predicted molar refractivity (Wildman–Crippen MR) is 185 cm³/mol. The number of halogens is 1. The Bertz CT molecular complexity index is 1800. The van der Waals surface area contributed by atoms with Crippen molar-refractivity contribution in [2.24, 2.45) is 5.92 Å². The molecule has 1 aromatic heterocycles. The summed E-state index contributed by atoms with van der Waals surface area (Å²) in [5.41, 5.74) is 0.400. The molecule has 0 unspecified atom stereocenters. The van der Waals surface area contributed by atoms with Gasteiger partial charge in [-0.1, -0.05) is 23.7 Å². The van der Waals surface area contributed by atoms with Crippen LogP contribution in [0.15, 0.2) is 56.8 Å². The monoisotopic (exact) mass is 740 g/mol. The average molecular weight is 741 g/mol. The Balaban J connectivity index is 1.69. The zero-order valence-corrected chi connectivity index (χ0v) is 30.9. The summed E-state index contributed by atoms with van der Waals surface area (Å²) >= 11 is 5.98. The van der Waals surface area contributed by atoms with Crippen LogP contribution in [0.5, 0.6) is 5.75 Å². The number of aryl methyl sites for hydroxylation is 2. The van der Waals surface area contributed by atoms with Crippen LogP contribution in [-0.4, -0.2) is 93.8 Å². The average Bonchev–Trinajstić information content (AvgIpc) is 3.40. The van der Waals surface area contributed by atoms with Crippen molar-refractivity contribution >= 4 is 43.2 Å². The van der Waals surface area contributed by atoms with Crippen molar-refractivity contribution in [1.29, 1.82) is 0 Å². The van der Waals surface area contributed by atoms with Crippen LogP contribution in [0.3, 0.4) is 0 Å². The first kappa shape index (κ1) is 38.6. The number of amides is 1. The number of hydrogen-bond donors (Lipinski definition) is 2. The summed E-state index contributed by atoms with van der Waals surface area (Å²) in [6.07, 6.45) is 1.16. The van der Waals surface area contributed by atoms with E-state index in [1.165, 1.54) is 66.5 Å². The van der Waals surface area contributed by atoms with Crippen molar-refractivity contribution in [3.8, 4) is 5.75 Å². The minimum Gasteiger partial charge on any atom is -0.490 e. The van der Waals surface area contributed by atoms with Gasteiger partial charge in [0.15, 0.2) is 10.7 Å². The number of benzene rings is 2. The van der Waals surface area contributed by atoms with Crippen molar-refractivity contribution in [1.82, 2.24) is 14.4 Å². The van der Waals surface area contributed by atoms with E-state index in [4.69, 9.17) is 25.6 Å². The molecule has 0 fully saturated rings. The van der Waals surface area contributed by atoms with Gasteiger partial charge in [0.2, 0.25) is 10.0 Å². The molecule has 4 atom stereocenters. The summed E-state index contributed by atoms with van der Waals surface area (Å²) in [5, 5.41) is 14.4. The highest BCUT2D eigenvalue weighted by Crippen LogP contribution is 2.31. The molecular weight excluding hydrogens is 696 g/mol. The van der Waals surface area contributed by atoms with Gasteiger partial charge in [0, 0.05) is 43.4 Å². The molecule has 3 aromatic rings. The molecule has 0 bridgehead atoms. The van der Waals surface area contributed by atoms with Crippen LogP contribution in [0.4, 0.5) is 5.69 Å². The van der Waals surface area contributed by atoms with Crippen molar-refractivity contribution in [2.45, 2.75) is 81.9 Å². The minimum atomic E-state index is -4.12. The van der Waals surface area contributed by atoms with Crippen LogP contribution in [0, 0.1) is 19.8 Å². The summed E-state index contributed by atoms with van der Waals surface area (Å²) in [6.45, 7) is 8.54. The van der Waals surface area contributed by atoms with E-state index in [0.29, 0.717) is 24.5 Å². The molecule has 16 heteroatoms. The molecule has 49 heavy (non-hydrogen) atoms. The molecule has 1 amide bonds. The highest BCUT2D eigenvalue weighted by atomic mass is 35.5. The molecule has 0 saturated carbocycles. The lowest BCUT2D eigenvalue weighted by Gasteiger charge is -2.35. The maximum atomic E-state index is 14.4. The standard InChI is InChI=1S/C33H45ClN4O9S2/c1-21-18-38(22(2)20-39)33(40)29-17-27(36-48(41,42)32-24(4)35-47-25(32)5)12-15-30(29)46-23(3)9-7-8-16-45-31(21)19-37(6)49(43,44)28-13-10-26(34)11-14-28/h10-15,17,21-23,31,36,39H,7-9,16,18-20H2,1-6H3/t21-,22+,23-,31+/m0/s1. The third-order valence-corrected chi connectivity index (χ3v) is 12.2. The van der Waals surface area contributed by atoms with Gasteiger partial charge in [0.05, 0.1) is 35.3 Å². The quantitative estimate of drug-likeness (QED) is 0.309. The second-order valence-electron chi connectivity index (χ2n) is 12.5. The maximum Gasteiger partial charge on any atom is 0.267 e. The van der Waals surface area contributed by atoms with E-state index in [-0.39, 0.29) is 64.0 Å². The topological polar surface area (TPSA) is 169 Å². The number of aliphatic hydroxyl groups excluding tert-OH is 1. The number of sulfonamides is 2. The molecule has 0 aliphatic carbocycles. The van der Waals surface area contributed by atoms with Gasteiger partial charge in [-0.3, -0.25) is 9.52 Å². The molecule has 0 saturated heterocycles. The number of ether oxygens (including phenoxy) is 2. The van der Waals surface area contributed by atoms with Crippen LogP contribution in [0.2, 0.25) is 5.02 Å². The lowest BCUT2D eigenvalue weighted by atomic mass is 10.0. The van der Waals surface area contributed by atoms with E-state index in [0.717, 1.165) is 6.42 Å². The highest BCUT2D eigenvalue weighted by molar-refractivity contribution is 7.92. The molecule has 0 spiro atoms. The van der Waals surface area contributed by atoms with Crippen molar-refractivity contribution in [3.05, 3.63) is 64.5 Å². The first-order chi connectivity index (χ1) is 23.0. The van der Waals surface area contributed by atoms with Gasteiger partial charge in [-0.15, -0.1) is 0 Å². The summed E-state index contributed by atoms with van der Waals surface area (Å²) in [7, 11) is -6.53. The van der Waals surface area contributed by atoms with E-state index in [1.807, 2.05) is 13.8 Å². The summed E-state index contributed by atoms with van der Waals surface area (Å²) < 4.78 is 74.8. The Morgan fingerprint density at radius 1 is 1.10 bits per heavy atom. The van der Waals surface area contributed by atoms with Crippen molar-refractivity contribution in [3.63, 3.8) is 0 Å². The Labute approximate surface area is 293 Å². The van der Waals surface area contributed by atoms with Crippen LogP contribution in [0.1, 0.15) is 61.8 Å². The highest BCUT2D eigenvalue weighted by Gasteiger charge is 2.33. The number of aromatic nitrogens is 1. The normalized spacial score (nSPS) is 20.7. The summed E-state index contributed by atoms with van der Waals surface area (Å²) in [6, 6.07) is 9.73. The fraction of sp³-hybridized carbons (Fsp3) is 0.515. The fourth-order valence-corrected chi connectivity index (χ4v) is 8.34. The van der Waals surface area contributed by atoms with Crippen LogP contribution in [0.25, 0.3) is 0 Å². The van der Waals surface area contributed by atoms with Gasteiger partial charge >= 0.3 is 0 Å². The molecule has 4 rings (SSSR count). The number of hydrogen-bond acceptors (Lipinski definition) is 10. The zero-order valence-electron chi connectivity index (χ0n) is 28.5. The molecule has 270 valence electrons. The van der Waals surface area contributed by atoms with Gasteiger partial charge in [0.25, 0.3) is 15.9 Å². The number of anilines is 1. The lowest BCUT2D eigenvalue weighted by molar-refractivity contribution is -0.00833. The SMILES string of the molecule is Cc1noc(C)c1S(=O)(=O)Nc1ccc2c(c1)C(=O)N([C@H](C)CO)C[C@H](C)[C@@H](CN(C)S(=O)(=O)c1ccc(Cl)cc1)OCCCC[C@H](C)O2. The predicted octanol–water partition coefficient (Wildman–Crippen LogP) is 4.86. The number of carbonyl (C=O) groups excluding carboxylic acids is 1. The molecule has 0 radical (unpaired) electrons. The van der Waals surface area contributed by atoms with Gasteiger partial charge in [0.1, 0.15) is 11.4 Å². The second kappa shape index (κ2) is 16.2. The fourth-order valence-electron chi connectivity index (χ4n) is 5.65. The van der Waals surface area contributed by atoms with Gasteiger partial charge in [-0.2, -0.15) is 4.31 Å². The summed E-state index contributed by atoms with van der Waals surface area (Å²) in [4.78, 5) is 15.9. The largest absolute Gasteiger partial charge is 0.490 e. The first-order valence-corrected chi connectivity index (χ1v) is 19.4. The molecule has 1 aliphatic rings. The van der Waals surface area contributed by atoms with E-state index in [1.54, 1.807) is 13.0 Å². The zero-order chi connectivity index (χ0) is 36.1. The number of rotatable bonds is 9. The Hall–Kier alpha value is -3.21. The van der Waals surface area contributed by atoms with Crippen LogP contribution in [-0.2, 0) is 24.8 Å². The van der Waals surface area contributed by atoms with Gasteiger partial charge in [-0.25, -0.2) is 16.8 Å². The molecule has 2 heterocycles. The van der Waals surface area contributed by atoms with E-state index in [9.17, 15) is 26.7 Å². The molecular formula is C33H45ClN4O9S2. The van der Waals surface area contributed by atoms with Gasteiger partial charge in [-0.05, 0) is 89.4 Å². The molecule has 13 nitrogen and oxygen atoms in total. The minimum absolute atomic E-state index is 0.00535. The number of nitrogens with zero attached hydrogens (tertiary/aromatic N) is 3. The number of fused-ring (bicyclic) bond motifs is 1. The third-order valence-electron chi connectivity index (χ3n) is 8.50. The number of nitrogens with one attached hydrogen (secondary N) is 1. The van der Waals surface area contributed by atoms with Crippen molar-refractivity contribution in [2.75, 3.05) is 38.1 Å². The van der Waals surface area contributed by atoms with Crippen molar-refractivity contribution < 1.29 is 40.7 Å².